The fourth-order valence-electron chi connectivity index (χ4n) is 2.53. The highest BCUT2D eigenvalue weighted by Crippen LogP contribution is 2.25. The Morgan fingerprint density at radius 2 is 2.05 bits per heavy atom. The Bertz CT molecular complexity index is 714. The molecular formula is C14H14N4O2. The lowest BCUT2D eigenvalue weighted by Gasteiger charge is -2.28. The van der Waals surface area contributed by atoms with E-state index in [1.165, 1.54) is 0 Å². The van der Waals surface area contributed by atoms with Crippen LogP contribution in [0.5, 0.6) is 0 Å². The van der Waals surface area contributed by atoms with Gasteiger partial charge in [-0.15, -0.1) is 0 Å². The molecule has 1 aliphatic rings. The first-order valence-corrected chi connectivity index (χ1v) is 6.61. The number of nitrogens with zero attached hydrogens (tertiary/aromatic N) is 4. The van der Waals surface area contributed by atoms with Gasteiger partial charge in [-0.05, 0) is 6.07 Å². The number of hydrogen-bond donors (Lipinski definition) is 0. The summed E-state index contributed by atoms with van der Waals surface area (Å²) in [4.78, 5) is 11.3. The second kappa shape index (κ2) is 4.64. The average molecular weight is 270 g/mol. The van der Waals surface area contributed by atoms with Crippen molar-refractivity contribution >= 4 is 11.5 Å². The molecule has 0 N–H and O–H groups in total. The van der Waals surface area contributed by atoms with E-state index in [9.17, 15) is 0 Å². The van der Waals surface area contributed by atoms with E-state index in [-0.39, 0.29) is 0 Å². The van der Waals surface area contributed by atoms with Crippen LogP contribution in [0, 0.1) is 0 Å². The molecule has 0 radical (unpaired) electrons. The van der Waals surface area contributed by atoms with Crippen LogP contribution in [0.15, 0.2) is 41.6 Å². The van der Waals surface area contributed by atoms with Crippen molar-refractivity contribution in [3.05, 3.63) is 37.2 Å². The molecule has 0 aliphatic carbocycles. The van der Waals surface area contributed by atoms with E-state index in [2.05, 4.69) is 14.9 Å². The number of imidazole rings is 1. The Morgan fingerprint density at radius 1 is 1.15 bits per heavy atom. The summed E-state index contributed by atoms with van der Waals surface area (Å²) < 4.78 is 12.6. The van der Waals surface area contributed by atoms with Gasteiger partial charge in [-0.2, -0.15) is 0 Å². The second-order valence-corrected chi connectivity index (χ2v) is 4.70. The number of anilines is 1. The zero-order valence-corrected chi connectivity index (χ0v) is 10.9. The smallest absolute Gasteiger partial charge is 0.180 e. The monoisotopic (exact) mass is 270 g/mol. The molecule has 20 heavy (non-hydrogen) atoms. The first-order valence-electron chi connectivity index (χ1n) is 6.61. The summed E-state index contributed by atoms with van der Waals surface area (Å²) in [5.41, 5.74) is 2.84. The third-order valence-corrected chi connectivity index (χ3v) is 3.54. The van der Waals surface area contributed by atoms with Crippen molar-refractivity contribution in [2.75, 3.05) is 31.2 Å². The van der Waals surface area contributed by atoms with Gasteiger partial charge in [0.05, 0.1) is 37.6 Å². The average Bonchev–Trinajstić information content (AvgIpc) is 3.18. The number of aromatic nitrogens is 3. The molecule has 0 aromatic carbocycles. The third kappa shape index (κ3) is 1.77. The van der Waals surface area contributed by atoms with Crippen molar-refractivity contribution in [3.63, 3.8) is 0 Å². The molecule has 6 nitrogen and oxygen atoms in total. The molecule has 0 spiro atoms. The molecule has 6 heteroatoms. The fraction of sp³-hybridized carbons (Fsp3) is 0.286. The van der Waals surface area contributed by atoms with Crippen molar-refractivity contribution in [3.8, 4) is 11.3 Å². The van der Waals surface area contributed by atoms with Crippen LogP contribution in [0.2, 0.25) is 0 Å². The molecular weight excluding hydrogens is 256 g/mol. The molecule has 0 amide bonds. The molecule has 0 unspecified atom stereocenters. The van der Waals surface area contributed by atoms with Gasteiger partial charge in [0, 0.05) is 31.0 Å². The van der Waals surface area contributed by atoms with Crippen LogP contribution in [0.3, 0.4) is 0 Å². The summed E-state index contributed by atoms with van der Waals surface area (Å²) in [6.07, 6.45) is 8.98. The molecule has 0 saturated carbocycles. The Hall–Kier alpha value is -2.34. The van der Waals surface area contributed by atoms with Crippen LogP contribution >= 0.6 is 0 Å². The van der Waals surface area contributed by atoms with E-state index in [1.807, 2.05) is 22.9 Å². The number of fused-ring (bicyclic) bond motifs is 1. The summed E-state index contributed by atoms with van der Waals surface area (Å²) in [7, 11) is 0. The minimum Gasteiger partial charge on any atom is -0.472 e. The Kier molecular flexibility index (Phi) is 2.67. The molecule has 1 fully saturated rings. The summed E-state index contributed by atoms with van der Waals surface area (Å²) in [6, 6.07) is 1.92. The van der Waals surface area contributed by atoms with Gasteiger partial charge in [0.25, 0.3) is 0 Å². The molecule has 4 rings (SSSR count). The number of morpholine rings is 1. The molecule has 3 aromatic heterocycles. The van der Waals surface area contributed by atoms with Crippen molar-refractivity contribution in [2.24, 2.45) is 0 Å². The maximum atomic E-state index is 5.39. The van der Waals surface area contributed by atoms with Crippen molar-refractivity contribution in [1.29, 1.82) is 0 Å². The van der Waals surface area contributed by atoms with Gasteiger partial charge in [0.1, 0.15) is 0 Å². The maximum Gasteiger partial charge on any atom is 0.180 e. The Balaban J connectivity index is 1.85. The van der Waals surface area contributed by atoms with Gasteiger partial charge < -0.3 is 14.1 Å². The lowest BCUT2D eigenvalue weighted by atomic mass is 10.2. The summed E-state index contributed by atoms with van der Waals surface area (Å²) in [6.45, 7) is 3.16. The highest BCUT2D eigenvalue weighted by molar-refractivity contribution is 5.70. The SMILES string of the molecule is c1cn2c(-c3ccoc3)cnc(N3CCOCC3)c2n1. The zero-order valence-electron chi connectivity index (χ0n) is 10.9. The normalized spacial score (nSPS) is 15.9. The zero-order chi connectivity index (χ0) is 13.4. The van der Waals surface area contributed by atoms with Gasteiger partial charge in [-0.3, -0.25) is 4.40 Å². The van der Waals surface area contributed by atoms with E-state index < -0.39 is 0 Å². The fourth-order valence-corrected chi connectivity index (χ4v) is 2.53. The Labute approximate surface area is 115 Å². The molecule has 0 atom stereocenters. The van der Waals surface area contributed by atoms with Gasteiger partial charge in [-0.25, -0.2) is 9.97 Å². The van der Waals surface area contributed by atoms with E-state index in [0.29, 0.717) is 0 Å². The van der Waals surface area contributed by atoms with Crippen LogP contribution in [0.25, 0.3) is 16.9 Å². The highest BCUT2D eigenvalue weighted by Gasteiger charge is 2.18. The summed E-state index contributed by atoms with van der Waals surface area (Å²) in [5, 5.41) is 0. The maximum absolute atomic E-state index is 5.39. The first kappa shape index (κ1) is 11.5. The lowest BCUT2D eigenvalue weighted by molar-refractivity contribution is 0.122. The lowest BCUT2D eigenvalue weighted by Crippen LogP contribution is -2.37. The van der Waals surface area contributed by atoms with E-state index >= 15 is 0 Å². The third-order valence-electron chi connectivity index (χ3n) is 3.54. The summed E-state index contributed by atoms with van der Waals surface area (Å²) in [5.74, 6) is 0.908. The minimum atomic E-state index is 0.734. The van der Waals surface area contributed by atoms with Crippen molar-refractivity contribution < 1.29 is 9.15 Å². The molecule has 1 saturated heterocycles. The topological polar surface area (TPSA) is 55.8 Å². The van der Waals surface area contributed by atoms with Crippen LogP contribution < -0.4 is 4.90 Å². The Morgan fingerprint density at radius 3 is 2.85 bits per heavy atom. The predicted molar refractivity (Wildman–Crippen MR) is 73.7 cm³/mol. The number of rotatable bonds is 2. The number of hydrogen-bond acceptors (Lipinski definition) is 5. The van der Waals surface area contributed by atoms with Gasteiger partial charge >= 0.3 is 0 Å². The molecule has 102 valence electrons. The molecule has 1 aliphatic heterocycles. The van der Waals surface area contributed by atoms with Crippen LogP contribution in [0.1, 0.15) is 0 Å². The van der Waals surface area contributed by atoms with Crippen molar-refractivity contribution in [2.45, 2.75) is 0 Å². The van der Waals surface area contributed by atoms with Gasteiger partial charge in [-0.1, -0.05) is 0 Å². The van der Waals surface area contributed by atoms with Crippen LogP contribution in [-0.4, -0.2) is 40.7 Å². The second-order valence-electron chi connectivity index (χ2n) is 4.70. The van der Waals surface area contributed by atoms with Crippen LogP contribution in [-0.2, 0) is 4.74 Å². The molecule has 0 bridgehead atoms. The van der Waals surface area contributed by atoms with E-state index in [0.717, 1.165) is 49.0 Å². The molecule has 4 heterocycles. The highest BCUT2D eigenvalue weighted by atomic mass is 16.5. The summed E-state index contributed by atoms with van der Waals surface area (Å²) >= 11 is 0. The van der Waals surface area contributed by atoms with E-state index in [1.54, 1.807) is 18.7 Å². The number of furan rings is 1. The largest absolute Gasteiger partial charge is 0.472 e. The van der Waals surface area contributed by atoms with E-state index in [4.69, 9.17) is 9.15 Å². The van der Waals surface area contributed by atoms with Crippen molar-refractivity contribution in [1.82, 2.24) is 14.4 Å². The van der Waals surface area contributed by atoms with Crippen LogP contribution in [0.4, 0.5) is 5.82 Å². The first-order chi connectivity index (χ1) is 9.93. The predicted octanol–water partition coefficient (Wildman–Crippen LogP) is 1.83. The molecule has 3 aromatic rings. The van der Waals surface area contributed by atoms with Gasteiger partial charge in [0.15, 0.2) is 11.5 Å². The minimum absolute atomic E-state index is 0.734. The number of ether oxygens (including phenoxy) is 1. The standard InChI is InChI=1S/C14H14N4O2/c1-6-20-10-11(1)12-9-16-13(14-15-2-3-18(12)14)17-4-7-19-8-5-17/h1-3,6,9-10H,4-5,7-8H2. The van der Waals surface area contributed by atoms with Gasteiger partial charge in [0.2, 0.25) is 0 Å². The quantitative estimate of drug-likeness (QED) is 0.711.